The second-order valence-electron chi connectivity index (χ2n) is 5.89. The van der Waals surface area contributed by atoms with Gasteiger partial charge in [0.05, 0.1) is 17.5 Å². The number of hydrogen-bond acceptors (Lipinski definition) is 4. The topological polar surface area (TPSA) is 97.1 Å². The number of pyridine rings is 1. The first-order valence-corrected chi connectivity index (χ1v) is 7.84. The molecule has 1 atom stereocenters. The summed E-state index contributed by atoms with van der Waals surface area (Å²) < 4.78 is 1.79. The summed E-state index contributed by atoms with van der Waals surface area (Å²) in [5.74, 6) is -1.52. The van der Waals surface area contributed by atoms with E-state index in [0.717, 1.165) is 5.39 Å². The van der Waals surface area contributed by atoms with Gasteiger partial charge in [-0.2, -0.15) is 5.10 Å². The van der Waals surface area contributed by atoms with Gasteiger partial charge >= 0.3 is 5.97 Å². The largest absolute Gasteiger partial charge is 0.480 e. The number of nitrogens with one attached hydrogen (secondary N) is 1. The van der Waals surface area contributed by atoms with E-state index in [1.807, 2.05) is 13.8 Å². The number of nitrogens with zero attached hydrogens (tertiary/aromatic N) is 3. The van der Waals surface area contributed by atoms with Crippen LogP contribution in [0.15, 0.2) is 24.4 Å². The fourth-order valence-corrected chi connectivity index (χ4v) is 2.40. The van der Waals surface area contributed by atoms with Crippen molar-refractivity contribution in [2.45, 2.75) is 46.2 Å². The molecular formula is C17H22N4O3. The summed E-state index contributed by atoms with van der Waals surface area (Å²) in [5.41, 5.74) is 1.61. The van der Waals surface area contributed by atoms with Crippen molar-refractivity contribution in [1.29, 1.82) is 0 Å². The second kappa shape index (κ2) is 7.25. The lowest BCUT2D eigenvalue weighted by Crippen LogP contribution is -2.40. The molecule has 7 nitrogen and oxygen atoms in total. The monoisotopic (exact) mass is 330 g/mol. The number of carboxylic acids is 1. The summed E-state index contributed by atoms with van der Waals surface area (Å²) in [6, 6.07) is 0.890. The number of hydrogen-bond donors (Lipinski definition) is 2. The molecule has 0 aliphatic rings. The van der Waals surface area contributed by atoms with Crippen LogP contribution < -0.4 is 5.32 Å². The average molecular weight is 330 g/mol. The van der Waals surface area contributed by atoms with Gasteiger partial charge in [0.2, 0.25) is 0 Å². The molecule has 0 fully saturated rings. The van der Waals surface area contributed by atoms with E-state index in [2.05, 4.69) is 15.4 Å². The molecule has 2 N–H and O–H groups in total. The Kier molecular flexibility index (Phi) is 5.33. The molecule has 24 heavy (non-hydrogen) atoms. The van der Waals surface area contributed by atoms with Crippen LogP contribution in [0.1, 0.15) is 49.3 Å². The van der Waals surface area contributed by atoms with Crippen LogP contribution >= 0.6 is 0 Å². The van der Waals surface area contributed by atoms with Gasteiger partial charge in [0, 0.05) is 11.4 Å². The van der Waals surface area contributed by atoms with Crippen molar-refractivity contribution >= 4 is 22.9 Å². The molecule has 1 amide bonds. The van der Waals surface area contributed by atoms with Gasteiger partial charge in [-0.15, -0.1) is 0 Å². The molecule has 0 aliphatic carbocycles. The van der Waals surface area contributed by atoms with E-state index in [9.17, 15) is 14.7 Å². The Bertz CT molecular complexity index is 792. The molecule has 0 aliphatic heterocycles. The van der Waals surface area contributed by atoms with Crippen LogP contribution in [-0.2, 0) is 4.79 Å². The Labute approximate surface area is 140 Å². The molecule has 7 heteroatoms. The van der Waals surface area contributed by atoms with Crippen LogP contribution in [-0.4, -0.2) is 37.8 Å². The summed E-state index contributed by atoms with van der Waals surface area (Å²) in [6.07, 6.45) is 5.35. The van der Waals surface area contributed by atoms with Crippen LogP contribution in [0, 0.1) is 6.92 Å². The van der Waals surface area contributed by atoms with E-state index in [-0.39, 0.29) is 12.5 Å². The lowest BCUT2D eigenvalue weighted by Gasteiger charge is -2.14. The average Bonchev–Trinajstić information content (AvgIpc) is 2.92. The van der Waals surface area contributed by atoms with Crippen molar-refractivity contribution < 1.29 is 14.7 Å². The summed E-state index contributed by atoms with van der Waals surface area (Å²) >= 11 is 0. The van der Waals surface area contributed by atoms with Gasteiger partial charge in [0.25, 0.3) is 5.91 Å². The minimum absolute atomic E-state index is 0.159. The highest BCUT2D eigenvalue weighted by molar-refractivity contribution is 5.99. The lowest BCUT2D eigenvalue weighted by atomic mass is 10.1. The SMILES string of the molecule is C/C=C/CC(NC(=O)c1cc2cnn(C(C)C)c2nc1C)C(=O)O. The van der Waals surface area contributed by atoms with Gasteiger partial charge in [0.1, 0.15) is 6.04 Å². The van der Waals surface area contributed by atoms with Crippen LogP contribution in [0.4, 0.5) is 0 Å². The number of aryl methyl sites for hydroxylation is 1. The molecule has 0 spiro atoms. The summed E-state index contributed by atoms with van der Waals surface area (Å²) in [5, 5.41) is 16.8. The number of aromatic nitrogens is 3. The van der Waals surface area contributed by atoms with Crippen LogP contribution in [0.3, 0.4) is 0 Å². The van der Waals surface area contributed by atoms with Crippen molar-refractivity contribution in [2.24, 2.45) is 0 Å². The number of fused-ring (bicyclic) bond motifs is 1. The predicted molar refractivity (Wildman–Crippen MR) is 91.0 cm³/mol. The number of allylic oxidation sites excluding steroid dienone is 1. The fraction of sp³-hybridized carbons (Fsp3) is 0.412. The van der Waals surface area contributed by atoms with Crippen molar-refractivity contribution in [2.75, 3.05) is 0 Å². The van der Waals surface area contributed by atoms with Crippen molar-refractivity contribution in [1.82, 2.24) is 20.1 Å². The van der Waals surface area contributed by atoms with E-state index in [4.69, 9.17) is 0 Å². The Morgan fingerprint density at radius 3 is 2.71 bits per heavy atom. The summed E-state index contributed by atoms with van der Waals surface area (Å²) in [6.45, 7) is 7.54. The number of rotatable bonds is 6. The zero-order valence-corrected chi connectivity index (χ0v) is 14.3. The maximum Gasteiger partial charge on any atom is 0.326 e. The molecule has 1 unspecified atom stereocenters. The van der Waals surface area contributed by atoms with Gasteiger partial charge in [-0.1, -0.05) is 12.2 Å². The number of amides is 1. The minimum Gasteiger partial charge on any atom is -0.480 e. The molecule has 2 heterocycles. The van der Waals surface area contributed by atoms with Gasteiger partial charge in [-0.25, -0.2) is 14.5 Å². The maximum absolute atomic E-state index is 12.5. The first kappa shape index (κ1) is 17.7. The van der Waals surface area contributed by atoms with E-state index in [1.54, 1.807) is 42.9 Å². The minimum atomic E-state index is -1.07. The summed E-state index contributed by atoms with van der Waals surface area (Å²) in [7, 11) is 0. The zero-order chi connectivity index (χ0) is 17.9. The quantitative estimate of drug-likeness (QED) is 0.793. The van der Waals surface area contributed by atoms with Crippen LogP contribution in [0.25, 0.3) is 11.0 Å². The molecule has 128 valence electrons. The third kappa shape index (κ3) is 3.61. The van der Waals surface area contributed by atoms with Crippen molar-refractivity contribution in [3.63, 3.8) is 0 Å². The third-order valence-corrected chi connectivity index (χ3v) is 3.70. The first-order chi connectivity index (χ1) is 11.3. The molecule has 0 saturated heterocycles. The number of carbonyl (C=O) groups is 2. The molecule has 2 rings (SSSR count). The van der Waals surface area contributed by atoms with E-state index in [0.29, 0.717) is 16.9 Å². The highest BCUT2D eigenvalue weighted by Crippen LogP contribution is 2.19. The molecule has 2 aromatic heterocycles. The second-order valence-corrected chi connectivity index (χ2v) is 5.89. The van der Waals surface area contributed by atoms with Crippen molar-refractivity contribution in [3.05, 3.63) is 35.7 Å². The van der Waals surface area contributed by atoms with Gasteiger partial charge in [0.15, 0.2) is 5.65 Å². The Morgan fingerprint density at radius 2 is 2.12 bits per heavy atom. The van der Waals surface area contributed by atoms with Gasteiger partial charge < -0.3 is 10.4 Å². The standard InChI is InChI=1S/C17H22N4O3/c1-5-6-7-14(17(23)24)20-16(22)13-8-12-9-18-21(10(2)3)15(12)19-11(13)4/h5-6,8-10,14H,7H2,1-4H3,(H,20,22)(H,23,24)/b6-5+. The van der Waals surface area contributed by atoms with Gasteiger partial charge in [-0.3, -0.25) is 4.79 Å². The highest BCUT2D eigenvalue weighted by atomic mass is 16.4. The molecule has 0 radical (unpaired) electrons. The molecule has 0 bridgehead atoms. The number of carbonyl (C=O) groups excluding carboxylic acids is 1. The maximum atomic E-state index is 12.5. The molecular weight excluding hydrogens is 308 g/mol. The van der Waals surface area contributed by atoms with E-state index in [1.165, 1.54) is 0 Å². The molecule has 0 saturated carbocycles. The zero-order valence-electron chi connectivity index (χ0n) is 14.3. The highest BCUT2D eigenvalue weighted by Gasteiger charge is 2.21. The molecule has 2 aromatic rings. The van der Waals surface area contributed by atoms with Crippen LogP contribution in [0.2, 0.25) is 0 Å². The Morgan fingerprint density at radius 1 is 1.42 bits per heavy atom. The number of aliphatic carboxylic acids is 1. The summed E-state index contributed by atoms with van der Waals surface area (Å²) in [4.78, 5) is 28.2. The fourth-order valence-electron chi connectivity index (χ4n) is 2.40. The Balaban J connectivity index is 2.32. The van der Waals surface area contributed by atoms with E-state index < -0.39 is 17.9 Å². The number of carboxylic acid groups (broad SMARTS) is 1. The Hall–Kier alpha value is -2.70. The first-order valence-electron chi connectivity index (χ1n) is 7.84. The van der Waals surface area contributed by atoms with Gasteiger partial charge in [-0.05, 0) is 40.2 Å². The normalized spacial score (nSPS) is 12.9. The molecule has 0 aromatic carbocycles. The van der Waals surface area contributed by atoms with Crippen molar-refractivity contribution in [3.8, 4) is 0 Å². The third-order valence-electron chi connectivity index (χ3n) is 3.70. The smallest absolute Gasteiger partial charge is 0.326 e. The van der Waals surface area contributed by atoms with E-state index >= 15 is 0 Å². The lowest BCUT2D eigenvalue weighted by molar-refractivity contribution is -0.139. The predicted octanol–water partition coefficient (Wildman–Crippen LogP) is 2.47. The van der Waals surface area contributed by atoms with Crippen LogP contribution in [0.5, 0.6) is 0 Å².